The fraction of sp³-hybridized carbons (Fsp3) is 0.647. The molecule has 2 aromatic rings. The van der Waals surface area contributed by atoms with Crippen molar-refractivity contribution in [2.45, 2.75) is 46.1 Å². The number of nitrogens with one attached hydrogen (secondary N) is 1. The van der Waals surface area contributed by atoms with Gasteiger partial charge in [-0.25, -0.2) is 9.78 Å². The molecule has 0 aromatic carbocycles. The molecule has 1 atom stereocenters. The highest BCUT2D eigenvalue weighted by Gasteiger charge is 2.24. The number of urea groups is 1. The summed E-state index contributed by atoms with van der Waals surface area (Å²) in [4.78, 5) is 18.3. The lowest BCUT2D eigenvalue weighted by Gasteiger charge is -2.32. The lowest BCUT2D eigenvalue weighted by Crippen LogP contribution is -2.45. The third kappa shape index (κ3) is 4.18. The van der Waals surface area contributed by atoms with Crippen LogP contribution >= 0.6 is 0 Å². The van der Waals surface area contributed by atoms with Crippen molar-refractivity contribution in [3.05, 3.63) is 29.7 Å². The molecule has 136 valence electrons. The Kier molecular flexibility index (Phi) is 5.35. The van der Waals surface area contributed by atoms with E-state index in [4.69, 9.17) is 4.52 Å². The molecule has 25 heavy (non-hydrogen) atoms. The summed E-state index contributed by atoms with van der Waals surface area (Å²) >= 11 is 0. The van der Waals surface area contributed by atoms with Crippen LogP contribution < -0.4 is 5.32 Å². The van der Waals surface area contributed by atoms with Crippen molar-refractivity contribution >= 4 is 6.03 Å². The molecule has 0 spiro atoms. The fourth-order valence-electron chi connectivity index (χ4n) is 3.56. The first-order valence-electron chi connectivity index (χ1n) is 8.82. The number of amides is 2. The molecule has 0 bridgehead atoms. The standard InChI is InChI=1S/C17H26N6O2/c1-12(16-13(2)21-25-14(16)3)8-19-17(24)22-6-4-15(5-7-22)9-23-11-18-10-20-23/h10-12,15H,4-9H2,1-3H3,(H,19,24)/t12-/m0/s1. The van der Waals surface area contributed by atoms with Crippen LogP contribution in [-0.4, -0.2) is 50.5 Å². The van der Waals surface area contributed by atoms with Gasteiger partial charge < -0.3 is 14.7 Å². The molecule has 0 radical (unpaired) electrons. The van der Waals surface area contributed by atoms with Gasteiger partial charge in [-0.2, -0.15) is 5.10 Å². The predicted molar refractivity (Wildman–Crippen MR) is 92.1 cm³/mol. The van der Waals surface area contributed by atoms with E-state index < -0.39 is 0 Å². The second-order valence-corrected chi connectivity index (χ2v) is 6.87. The van der Waals surface area contributed by atoms with E-state index in [-0.39, 0.29) is 11.9 Å². The second kappa shape index (κ2) is 7.67. The maximum atomic E-state index is 12.4. The van der Waals surface area contributed by atoms with Crippen molar-refractivity contribution in [2.24, 2.45) is 5.92 Å². The van der Waals surface area contributed by atoms with Crippen LogP contribution in [0.15, 0.2) is 17.2 Å². The van der Waals surface area contributed by atoms with Crippen molar-refractivity contribution in [1.82, 2.24) is 30.1 Å². The molecule has 1 aliphatic heterocycles. The Labute approximate surface area is 147 Å². The molecule has 3 rings (SSSR count). The number of aromatic nitrogens is 4. The molecule has 2 amide bonds. The zero-order chi connectivity index (χ0) is 17.8. The van der Waals surface area contributed by atoms with Crippen molar-refractivity contribution < 1.29 is 9.32 Å². The van der Waals surface area contributed by atoms with E-state index in [0.717, 1.165) is 49.5 Å². The van der Waals surface area contributed by atoms with E-state index in [1.165, 1.54) is 0 Å². The Bertz CT molecular complexity index is 669. The molecule has 3 heterocycles. The highest BCUT2D eigenvalue weighted by molar-refractivity contribution is 5.74. The minimum Gasteiger partial charge on any atom is -0.361 e. The molecule has 0 saturated carbocycles. The van der Waals surface area contributed by atoms with Crippen LogP contribution in [0, 0.1) is 19.8 Å². The molecule has 1 aliphatic rings. The van der Waals surface area contributed by atoms with E-state index in [1.54, 1.807) is 12.7 Å². The van der Waals surface area contributed by atoms with Gasteiger partial charge in [-0.05, 0) is 32.6 Å². The van der Waals surface area contributed by atoms with Gasteiger partial charge in [0.05, 0.1) is 5.69 Å². The first-order chi connectivity index (χ1) is 12.0. The minimum atomic E-state index is 0.0119. The Hall–Kier alpha value is -2.38. The number of piperidine rings is 1. The summed E-state index contributed by atoms with van der Waals surface area (Å²) < 4.78 is 7.08. The summed E-state index contributed by atoms with van der Waals surface area (Å²) in [7, 11) is 0. The molecule has 8 nitrogen and oxygen atoms in total. The van der Waals surface area contributed by atoms with Crippen LogP contribution in [0.5, 0.6) is 0 Å². The van der Waals surface area contributed by atoms with E-state index in [0.29, 0.717) is 12.5 Å². The van der Waals surface area contributed by atoms with Crippen LogP contribution in [0.3, 0.4) is 0 Å². The summed E-state index contributed by atoms with van der Waals surface area (Å²) in [5.74, 6) is 1.56. The number of nitrogens with zero attached hydrogens (tertiary/aromatic N) is 5. The van der Waals surface area contributed by atoms with Crippen molar-refractivity contribution in [3.63, 3.8) is 0 Å². The lowest BCUT2D eigenvalue weighted by atomic mass is 9.97. The van der Waals surface area contributed by atoms with Crippen LogP contribution in [0.2, 0.25) is 0 Å². The van der Waals surface area contributed by atoms with E-state index in [9.17, 15) is 4.79 Å². The molecule has 1 fully saturated rings. The summed E-state index contributed by atoms with van der Waals surface area (Å²) in [6.07, 6.45) is 5.29. The summed E-state index contributed by atoms with van der Waals surface area (Å²) in [5, 5.41) is 11.2. The average Bonchev–Trinajstić information content (AvgIpc) is 3.23. The Balaban J connectivity index is 1.43. The van der Waals surface area contributed by atoms with Crippen LogP contribution in [-0.2, 0) is 6.54 Å². The number of likely N-dealkylation sites (tertiary alicyclic amines) is 1. The third-order valence-electron chi connectivity index (χ3n) is 4.95. The highest BCUT2D eigenvalue weighted by Crippen LogP contribution is 2.23. The minimum absolute atomic E-state index is 0.0119. The Morgan fingerprint density at radius 3 is 2.76 bits per heavy atom. The molecular formula is C17H26N6O2. The van der Waals surface area contributed by atoms with Gasteiger partial charge in [0.25, 0.3) is 0 Å². The zero-order valence-electron chi connectivity index (χ0n) is 15.1. The fourth-order valence-corrected chi connectivity index (χ4v) is 3.56. The lowest BCUT2D eigenvalue weighted by molar-refractivity contribution is 0.164. The van der Waals surface area contributed by atoms with Crippen molar-refractivity contribution in [2.75, 3.05) is 19.6 Å². The van der Waals surface area contributed by atoms with Gasteiger partial charge in [0.1, 0.15) is 18.4 Å². The first-order valence-corrected chi connectivity index (χ1v) is 8.82. The maximum absolute atomic E-state index is 12.4. The monoisotopic (exact) mass is 346 g/mol. The number of hydrogen-bond acceptors (Lipinski definition) is 5. The number of rotatable bonds is 5. The molecule has 8 heteroatoms. The molecule has 1 saturated heterocycles. The maximum Gasteiger partial charge on any atom is 0.317 e. The van der Waals surface area contributed by atoms with Crippen LogP contribution in [0.4, 0.5) is 4.79 Å². The van der Waals surface area contributed by atoms with E-state index in [1.807, 2.05) is 23.4 Å². The van der Waals surface area contributed by atoms with Gasteiger partial charge in [0.2, 0.25) is 0 Å². The molecular weight excluding hydrogens is 320 g/mol. The van der Waals surface area contributed by atoms with Gasteiger partial charge in [0.15, 0.2) is 0 Å². The van der Waals surface area contributed by atoms with Gasteiger partial charge in [0, 0.05) is 37.7 Å². The van der Waals surface area contributed by atoms with Gasteiger partial charge >= 0.3 is 6.03 Å². The SMILES string of the molecule is Cc1noc(C)c1[C@@H](C)CNC(=O)N1CCC(Cn2cncn2)CC1. The number of carbonyl (C=O) groups is 1. The molecule has 2 aromatic heterocycles. The third-order valence-corrected chi connectivity index (χ3v) is 4.95. The van der Waals surface area contributed by atoms with E-state index in [2.05, 4.69) is 27.5 Å². The second-order valence-electron chi connectivity index (χ2n) is 6.87. The highest BCUT2D eigenvalue weighted by atomic mass is 16.5. The number of hydrogen-bond donors (Lipinski definition) is 1. The quantitative estimate of drug-likeness (QED) is 0.895. The smallest absolute Gasteiger partial charge is 0.317 e. The number of aryl methyl sites for hydroxylation is 2. The molecule has 0 aliphatic carbocycles. The molecule has 1 N–H and O–H groups in total. The van der Waals surface area contributed by atoms with Gasteiger partial charge in [-0.15, -0.1) is 0 Å². The Morgan fingerprint density at radius 2 is 2.16 bits per heavy atom. The van der Waals surface area contributed by atoms with Gasteiger partial charge in [-0.1, -0.05) is 12.1 Å². The predicted octanol–water partition coefficient (Wildman–Crippen LogP) is 2.11. The summed E-state index contributed by atoms with van der Waals surface area (Å²) in [6, 6.07) is 0.0119. The normalized spacial score (nSPS) is 16.8. The average molecular weight is 346 g/mol. The number of carbonyl (C=O) groups excluding carboxylic acids is 1. The molecule has 0 unspecified atom stereocenters. The summed E-state index contributed by atoms with van der Waals surface area (Å²) in [5.41, 5.74) is 1.99. The van der Waals surface area contributed by atoms with Gasteiger partial charge in [-0.3, -0.25) is 4.68 Å². The van der Waals surface area contributed by atoms with E-state index >= 15 is 0 Å². The summed E-state index contributed by atoms with van der Waals surface area (Å²) in [6.45, 7) is 8.95. The zero-order valence-corrected chi connectivity index (χ0v) is 15.1. The first kappa shape index (κ1) is 17.4. The topological polar surface area (TPSA) is 89.1 Å². The largest absolute Gasteiger partial charge is 0.361 e. The van der Waals surface area contributed by atoms with Crippen LogP contribution in [0.25, 0.3) is 0 Å². The Morgan fingerprint density at radius 1 is 1.40 bits per heavy atom. The van der Waals surface area contributed by atoms with Crippen LogP contribution in [0.1, 0.15) is 42.7 Å². The van der Waals surface area contributed by atoms with Crippen molar-refractivity contribution in [3.8, 4) is 0 Å². The van der Waals surface area contributed by atoms with Crippen molar-refractivity contribution in [1.29, 1.82) is 0 Å².